The number of rotatable bonds is 1. The number of carbonyl (C=O) groups excluding carboxylic acids is 1. The minimum absolute atomic E-state index is 0.169. The molecule has 23 heavy (non-hydrogen) atoms. The van der Waals surface area contributed by atoms with Gasteiger partial charge in [0.25, 0.3) is 0 Å². The topological polar surface area (TPSA) is 66.8 Å². The van der Waals surface area contributed by atoms with Gasteiger partial charge in [-0.3, -0.25) is 4.79 Å². The molecule has 0 radical (unpaired) electrons. The summed E-state index contributed by atoms with van der Waals surface area (Å²) < 4.78 is 5.39. The van der Waals surface area contributed by atoms with Crippen molar-refractivity contribution < 1.29 is 19.7 Å². The van der Waals surface area contributed by atoms with Gasteiger partial charge in [-0.2, -0.15) is 0 Å². The molecule has 1 heterocycles. The number of benzene rings is 3. The summed E-state index contributed by atoms with van der Waals surface area (Å²) in [4.78, 5) is 12.0. The van der Waals surface area contributed by atoms with Crippen LogP contribution >= 0.6 is 0 Å². The Balaban J connectivity index is 1.98. The van der Waals surface area contributed by atoms with Crippen LogP contribution in [0.1, 0.15) is 23.5 Å². The molecular weight excluding hydrogens is 292 g/mol. The Morgan fingerprint density at radius 3 is 2.39 bits per heavy atom. The lowest BCUT2D eigenvalue weighted by atomic mass is 9.83. The van der Waals surface area contributed by atoms with E-state index in [0.717, 1.165) is 21.9 Å². The van der Waals surface area contributed by atoms with Gasteiger partial charge in [0, 0.05) is 11.5 Å². The number of hydrogen-bond acceptors (Lipinski definition) is 4. The van der Waals surface area contributed by atoms with Crippen LogP contribution < -0.4 is 4.74 Å². The van der Waals surface area contributed by atoms with E-state index in [9.17, 15) is 15.0 Å². The van der Waals surface area contributed by atoms with Crippen LogP contribution in [0.2, 0.25) is 0 Å². The Hall–Kier alpha value is -3.01. The van der Waals surface area contributed by atoms with Crippen molar-refractivity contribution >= 4 is 16.7 Å². The van der Waals surface area contributed by atoms with Crippen molar-refractivity contribution in [2.24, 2.45) is 0 Å². The number of aromatic hydroxyl groups is 2. The molecule has 3 aromatic rings. The molecule has 0 amide bonds. The van der Waals surface area contributed by atoms with Crippen LogP contribution in [-0.4, -0.2) is 16.2 Å². The van der Waals surface area contributed by atoms with Crippen molar-refractivity contribution in [1.82, 2.24) is 0 Å². The standard InChI is InChI=1S/C19H14O4/c20-13-5-1-11(2-6-13)16-10-18(22)23-17-8-4-12-3-7-14(21)9-15(12)19(16)17/h1-9,16,20-21H,10H2. The second kappa shape index (κ2) is 5.02. The van der Waals surface area contributed by atoms with Crippen LogP contribution in [0, 0.1) is 0 Å². The average molecular weight is 306 g/mol. The fraction of sp³-hybridized carbons (Fsp3) is 0.105. The van der Waals surface area contributed by atoms with Crippen molar-refractivity contribution in [3.05, 3.63) is 65.7 Å². The fourth-order valence-corrected chi connectivity index (χ4v) is 3.18. The minimum atomic E-state index is -0.282. The second-order valence-corrected chi connectivity index (χ2v) is 5.71. The lowest BCUT2D eigenvalue weighted by molar-refractivity contribution is -0.135. The Bertz CT molecular complexity index is 913. The Morgan fingerprint density at radius 2 is 1.61 bits per heavy atom. The van der Waals surface area contributed by atoms with E-state index >= 15 is 0 Å². The number of ether oxygens (including phenoxy) is 1. The first-order valence-electron chi connectivity index (χ1n) is 7.37. The summed E-state index contributed by atoms with van der Waals surface area (Å²) in [6.07, 6.45) is 0.229. The van der Waals surface area contributed by atoms with Gasteiger partial charge in [0.05, 0.1) is 6.42 Å². The summed E-state index contributed by atoms with van der Waals surface area (Å²) in [6, 6.07) is 15.7. The number of esters is 1. The molecule has 0 spiro atoms. The van der Waals surface area contributed by atoms with E-state index < -0.39 is 0 Å². The maximum atomic E-state index is 12.0. The number of hydrogen-bond donors (Lipinski definition) is 2. The second-order valence-electron chi connectivity index (χ2n) is 5.71. The van der Waals surface area contributed by atoms with Gasteiger partial charge < -0.3 is 14.9 Å². The summed E-state index contributed by atoms with van der Waals surface area (Å²) in [6.45, 7) is 0. The molecule has 4 rings (SSSR count). The zero-order valence-corrected chi connectivity index (χ0v) is 12.2. The highest BCUT2D eigenvalue weighted by atomic mass is 16.5. The minimum Gasteiger partial charge on any atom is -0.508 e. The van der Waals surface area contributed by atoms with Crippen LogP contribution in [0.5, 0.6) is 17.2 Å². The van der Waals surface area contributed by atoms with Crippen LogP contribution in [0.15, 0.2) is 54.6 Å². The normalized spacial score (nSPS) is 16.9. The van der Waals surface area contributed by atoms with Gasteiger partial charge in [-0.05, 0) is 46.7 Å². The monoisotopic (exact) mass is 306 g/mol. The molecular formula is C19H14O4. The van der Waals surface area contributed by atoms with Crippen molar-refractivity contribution in [1.29, 1.82) is 0 Å². The van der Waals surface area contributed by atoms with E-state index in [-0.39, 0.29) is 29.8 Å². The first kappa shape index (κ1) is 13.6. The fourth-order valence-electron chi connectivity index (χ4n) is 3.18. The Morgan fingerprint density at radius 1 is 0.913 bits per heavy atom. The maximum Gasteiger partial charge on any atom is 0.312 e. The summed E-state index contributed by atoms with van der Waals surface area (Å²) in [5.74, 6) is 0.431. The van der Waals surface area contributed by atoms with Crippen LogP contribution in [-0.2, 0) is 4.79 Å². The van der Waals surface area contributed by atoms with E-state index in [1.54, 1.807) is 30.3 Å². The zero-order valence-electron chi connectivity index (χ0n) is 12.2. The van der Waals surface area contributed by atoms with E-state index in [1.807, 2.05) is 24.3 Å². The molecule has 4 nitrogen and oxygen atoms in total. The van der Waals surface area contributed by atoms with E-state index in [0.29, 0.717) is 5.75 Å². The molecule has 0 saturated heterocycles. The smallest absolute Gasteiger partial charge is 0.312 e. The summed E-state index contributed by atoms with van der Waals surface area (Å²) >= 11 is 0. The predicted molar refractivity (Wildman–Crippen MR) is 85.8 cm³/mol. The predicted octanol–water partition coefficient (Wildman–Crippen LogP) is 3.69. The Labute approximate surface area is 132 Å². The van der Waals surface area contributed by atoms with Gasteiger partial charge in [-0.25, -0.2) is 0 Å². The molecule has 1 aliphatic rings. The Kier molecular flexibility index (Phi) is 2.98. The van der Waals surface area contributed by atoms with Crippen LogP contribution in [0.3, 0.4) is 0 Å². The van der Waals surface area contributed by atoms with E-state index in [2.05, 4.69) is 0 Å². The molecule has 0 aliphatic carbocycles. The van der Waals surface area contributed by atoms with Crippen molar-refractivity contribution in [3.63, 3.8) is 0 Å². The maximum absolute atomic E-state index is 12.0. The molecule has 0 bridgehead atoms. The lowest BCUT2D eigenvalue weighted by Gasteiger charge is -2.26. The van der Waals surface area contributed by atoms with Gasteiger partial charge in [0.2, 0.25) is 0 Å². The SMILES string of the molecule is O=C1CC(c2ccc(O)cc2)c2c(ccc3ccc(O)cc23)O1. The van der Waals surface area contributed by atoms with Gasteiger partial charge in [-0.15, -0.1) is 0 Å². The van der Waals surface area contributed by atoms with Crippen molar-refractivity contribution in [3.8, 4) is 17.2 Å². The molecule has 0 aromatic heterocycles. The summed E-state index contributed by atoms with van der Waals surface area (Å²) in [7, 11) is 0. The third-order valence-electron chi connectivity index (χ3n) is 4.25. The summed E-state index contributed by atoms with van der Waals surface area (Å²) in [5.41, 5.74) is 1.82. The zero-order chi connectivity index (χ0) is 16.0. The number of phenols is 2. The van der Waals surface area contributed by atoms with Crippen LogP contribution in [0.25, 0.3) is 10.8 Å². The van der Waals surface area contributed by atoms with E-state index in [4.69, 9.17) is 4.74 Å². The molecule has 4 heteroatoms. The third-order valence-corrected chi connectivity index (χ3v) is 4.25. The largest absolute Gasteiger partial charge is 0.508 e. The molecule has 1 unspecified atom stereocenters. The number of fused-ring (bicyclic) bond motifs is 3. The molecule has 3 aromatic carbocycles. The molecule has 1 aliphatic heterocycles. The molecule has 114 valence electrons. The lowest BCUT2D eigenvalue weighted by Crippen LogP contribution is -2.21. The van der Waals surface area contributed by atoms with Gasteiger partial charge in [0.15, 0.2) is 0 Å². The van der Waals surface area contributed by atoms with Crippen molar-refractivity contribution in [2.75, 3.05) is 0 Å². The highest BCUT2D eigenvalue weighted by Gasteiger charge is 2.30. The molecule has 0 fully saturated rings. The summed E-state index contributed by atoms with van der Waals surface area (Å²) in [5, 5.41) is 21.2. The highest BCUT2D eigenvalue weighted by Crippen LogP contribution is 2.43. The first-order valence-corrected chi connectivity index (χ1v) is 7.37. The van der Waals surface area contributed by atoms with Gasteiger partial charge >= 0.3 is 5.97 Å². The highest BCUT2D eigenvalue weighted by molar-refractivity contribution is 5.93. The average Bonchev–Trinajstić information content (AvgIpc) is 2.54. The van der Waals surface area contributed by atoms with Gasteiger partial charge in [-0.1, -0.05) is 24.3 Å². The quantitative estimate of drug-likeness (QED) is 0.531. The molecule has 0 saturated carbocycles. The molecule has 2 N–H and O–H groups in total. The van der Waals surface area contributed by atoms with Crippen LogP contribution in [0.4, 0.5) is 0 Å². The first-order chi connectivity index (χ1) is 11.1. The third kappa shape index (κ3) is 2.28. The van der Waals surface area contributed by atoms with E-state index in [1.165, 1.54) is 0 Å². The van der Waals surface area contributed by atoms with Gasteiger partial charge in [0.1, 0.15) is 17.2 Å². The number of carbonyl (C=O) groups is 1. The molecule has 1 atom stereocenters. The van der Waals surface area contributed by atoms with Crippen molar-refractivity contribution in [2.45, 2.75) is 12.3 Å². The number of phenolic OH excluding ortho intramolecular Hbond substituents is 2.